The Morgan fingerprint density at radius 3 is 2.38 bits per heavy atom. The van der Waals surface area contributed by atoms with Gasteiger partial charge in [-0.1, -0.05) is 18.2 Å². The Kier molecular flexibility index (Phi) is 10.9. The van der Waals surface area contributed by atoms with E-state index in [1.807, 2.05) is 0 Å². The lowest BCUT2D eigenvalue weighted by atomic mass is 10.1. The number of rotatable bonds is 9. The normalized spacial score (nSPS) is 11.7. The summed E-state index contributed by atoms with van der Waals surface area (Å²) < 4.78 is 25.9. The second kappa shape index (κ2) is 12.7. The fourth-order valence-electron chi connectivity index (χ4n) is 3.22. The standard InChI is InChI=1S/C23H25N3O5S.2ClH/c1-15-11-19(12-20(22(15)28)23(24)29)32(30,31)18-6-4-16(5-7-18)8-10-26-14-21(27)17-3-2-9-25-13-17;;/h2-7,9,11-13,21,26-28H,8,10,14H2,1H3,(H2,24,29);2*1H/t21-;;/m0../s1. The van der Waals surface area contributed by atoms with Crippen molar-refractivity contribution in [3.63, 3.8) is 0 Å². The number of benzene rings is 2. The monoisotopic (exact) mass is 527 g/mol. The molecule has 2 aromatic carbocycles. The van der Waals surface area contributed by atoms with Crippen LogP contribution in [-0.2, 0) is 16.3 Å². The van der Waals surface area contributed by atoms with Gasteiger partial charge in [0.15, 0.2) is 0 Å². The van der Waals surface area contributed by atoms with Gasteiger partial charge in [0, 0.05) is 24.5 Å². The minimum Gasteiger partial charge on any atom is -0.507 e. The molecule has 0 saturated heterocycles. The highest BCUT2D eigenvalue weighted by molar-refractivity contribution is 7.91. The predicted octanol–water partition coefficient (Wildman–Crippen LogP) is 2.74. The maximum atomic E-state index is 13.0. The fourth-order valence-corrected chi connectivity index (χ4v) is 4.59. The van der Waals surface area contributed by atoms with E-state index in [2.05, 4.69) is 10.3 Å². The minimum atomic E-state index is -3.89. The molecule has 0 saturated carbocycles. The fraction of sp³-hybridized carbons (Fsp3) is 0.217. The van der Waals surface area contributed by atoms with Gasteiger partial charge in [0.1, 0.15) is 5.75 Å². The molecule has 1 atom stereocenters. The number of aromatic hydroxyl groups is 1. The molecule has 0 aliphatic heterocycles. The van der Waals surface area contributed by atoms with Gasteiger partial charge in [-0.15, -0.1) is 24.8 Å². The zero-order chi connectivity index (χ0) is 23.3. The van der Waals surface area contributed by atoms with Gasteiger partial charge < -0.3 is 21.3 Å². The van der Waals surface area contributed by atoms with E-state index >= 15 is 0 Å². The van der Waals surface area contributed by atoms with E-state index in [0.29, 0.717) is 19.5 Å². The summed E-state index contributed by atoms with van der Waals surface area (Å²) in [5.41, 5.74) is 6.91. The van der Waals surface area contributed by atoms with Crippen molar-refractivity contribution in [3.05, 3.63) is 83.2 Å². The van der Waals surface area contributed by atoms with Gasteiger partial charge in [-0.2, -0.15) is 0 Å². The van der Waals surface area contributed by atoms with Crippen molar-refractivity contribution in [1.29, 1.82) is 0 Å². The zero-order valence-corrected chi connectivity index (χ0v) is 20.8. The van der Waals surface area contributed by atoms with Crippen LogP contribution in [0, 0.1) is 6.92 Å². The highest BCUT2D eigenvalue weighted by Crippen LogP contribution is 2.29. The van der Waals surface area contributed by atoms with Crippen molar-refractivity contribution in [2.45, 2.75) is 29.2 Å². The van der Waals surface area contributed by atoms with Gasteiger partial charge in [-0.3, -0.25) is 9.78 Å². The van der Waals surface area contributed by atoms with Gasteiger partial charge in [-0.05, 0) is 61.3 Å². The number of nitrogens with one attached hydrogen (secondary N) is 1. The van der Waals surface area contributed by atoms with E-state index in [9.17, 15) is 23.4 Å². The van der Waals surface area contributed by atoms with Gasteiger partial charge in [0.05, 0.1) is 21.5 Å². The van der Waals surface area contributed by atoms with Crippen LogP contribution in [-0.4, -0.2) is 42.6 Å². The average Bonchev–Trinajstić information content (AvgIpc) is 2.79. The molecule has 34 heavy (non-hydrogen) atoms. The SMILES string of the molecule is Cc1cc(S(=O)(=O)c2ccc(CCNC[C@H](O)c3cccnc3)cc2)cc(C(N)=O)c1O.Cl.Cl. The highest BCUT2D eigenvalue weighted by Gasteiger charge is 2.22. The van der Waals surface area contributed by atoms with Crippen LogP contribution in [0.5, 0.6) is 5.75 Å². The number of hydrogen-bond donors (Lipinski definition) is 4. The summed E-state index contributed by atoms with van der Waals surface area (Å²) in [6, 6.07) is 12.4. The molecule has 0 aliphatic carbocycles. The Morgan fingerprint density at radius 2 is 1.79 bits per heavy atom. The van der Waals surface area contributed by atoms with Crippen LogP contribution in [0.15, 0.2) is 70.7 Å². The molecule has 1 amide bonds. The summed E-state index contributed by atoms with van der Waals surface area (Å²) >= 11 is 0. The lowest BCUT2D eigenvalue weighted by Gasteiger charge is -2.12. The number of phenols is 1. The Hall–Kier alpha value is -2.69. The van der Waals surface area contributed by atoms with Crippen LogP contribution in [0.1, 0.15) is 33.2 Å². The number of aliphatic hydroxyl groups is 1. The van der Waals surface area contributed by atoms with E-state index in [1.165, 1.54) is 25.1 Å². The summed E-state index contributed by atoms with van der Waals surface area (Å²) in [5, 5.41) is 23.2. The van der Waals surface area contributed by atoms with Gasteiger partial charge in [0.2, 0.25) is 9.84 Å². The van der Waals surface area contributed by atoms with Crippen molar-refractivity contribution in [3.8, 4) is 5.75 Å². The molecule has 0 radical (unpaired) electrons. The number of aromatic nitrogens is 1. The summed E-state index contributed by atoms with van der Waals surface area (Å²) in [4.78, 5) is 15.5. The maximum Gasteiger partial charge on any atom is 0.252 e. The molecule has 5 N–H and O–H groups in total. The number of primary amides is 1. The Labute approximate surface area is 211 Å². The number of hydrogen-bond acceptors (Lipinski definition) is 7. The number of halogens is 2. The summed E-state index contributed by atoms with van der Waals surface area (Å²) in [5.74, 6) is -1.23. The molecule has 0 spiro atoms. The molecular formula is C23H27Cl2N3O5S. The molecule has 0 fully saturated rings. The molecule has 3 aromatic rings. The number of nitrogens with two attached hydrogens (primary N) is 1. The first-order valence-corrected chi connectivity index (χ1v) is 11.4. The first-order valence-electron chi connectivity index (χ1n) is 9.96. The van der Waals surface area contributed by atoms with Crippen LogP contribution in [0.2, 0.25) is 0 Å². The van der Waals surface area contributed by atoms with Crippen LogP contribution in [0.25, 0.3) is 0 Å². The Bertz CT molecular complexity index is 1210. The first-order chi connectivity index (χ1) is 15.2. The molecule has 0 aliphatic rings. The summed E-state index contributed by atoms with van der Waals surface area (Å²) in [6.45, 7) is 2.48. The number of sulfone groups is 1. The van der Waals surface area contributed by atoms with Crippen LogP contribution >= 0.6 is 24.8 Å². The van der Waals surface area contributed by atoms with Crippen LogP contribution in [0.3, 0.4) is 0 Å². The molecule has 8 nitrogen and oxygen atoms in total. The molecule has 1 aromatic heterocycles. The number of aryl methyl sites for hydroxylation is 1. The van der Waals surface area contributed by atoms with Crippen molar-refractivity contribution >= 4 is 40.6 Å². The number of aliphatic hydroxyl groups excluding tert-OH is 1. The number of nitrogens with zero attached hydrogens (tertiary/aromatic N) is 1. The van der Waals surface area contributed by atoms with Crippen LogP contribution < -0.4 is 11.1 Å². The van der Waals surface area contributed by atoms with Crippen molar-refractivity contribution < 1.29 is 23.4 Å². The van der Waals surface area contributed by atoms with Crippen molar-refractivity contribution in [2.24, 2.45) is 5.73 Å². The molecule has 11 heteroatoms. The van der Waals surface area contributed by atoms with Crippen molar-refractivity contribution in [1.82, 2.24) is 10.3 Å². The predicted molar refractivity (Wildman–Crippen MR) is 134 cm³/mol. The number of amides is 1. The first kappa shape index (κ1) is 29.3. The second-order valence-corrected chi connectivity index (χ2v) is 9.35. The van der Waals surface area contributed by atoms with Crippen LogP contribution in [0.4, 0.5) is 0 Å². The number of carbonyl (C=O) groups excluding carboxylic acids is 1. The third kappa shape index (κ3) is 6.91. The summed E-state index contributed by atoms with van der Waals surface area (Å²) in [7, 11) is -3.89. The molecule has 184 valence electrons. The van der Waals surface area contributed by atoms with Crippen molar-refractivity contribution in [2.75, 3.05) is 13.1 Å². The quantitative estimate of drug-likeness (QED) is 0.313. The Morgan fingerprint density at radius 1 is 1.12 bits per heavy atom. The van der Waals surface area contributed by atoms with E-state index in [0.717, 1.165) is 17.2 Å². The summed E-state index contributed by atoms with van der Waals surface area (Å²) in [6.07, 6.45) is 3.25. The number of pyridine rings is 1. The van der Waals surface area contributed by atoms with E-state index in [1.54, 1.807) is 36.7 Å². The Balaban J connectivity index is 0.00000289. The van der Waals surface area contributed by atoms with Gasteiger partial charge in [0.25, 0.3) is 5.91 Å². The maximum absolute atomic E-state index is 13.0. The third-order valence-corrected chi connectivity index (χ3v) is 6.83. The van der Waals surface area contributed by atoms with E-state index in [-0.39, 0.29) is 51.5 Å². The third-order valence-electron chi connectivity index (χ3n) is 5.08. The zero-order valence-electron chi connectivity index (χ0n) is 18.3. The smallest absolute Gasteiger partial charge is 0.252 e. The lowest BCUT2D eigenvalue weighted by Crippen LogP contribution is -2.23. The van der Waals surface area contributed by atoms with E-state index < -0.39 is 21.8 Å². The van der Waals surface area contributed by atoms with Gasteiger partial charge in [-0.25, -0.2) is 8.42 Å². The molecule has 3 rings (SSSR count). The molecular weight excluding hydrogens is 501 g/mol. The molecule has 0 unspecified atom stereocenters. The van der Waals surface area contributed by atoms with Gasteiger partial charge >= 0.3 is 0 Å². The lowest BCUT2D eigenvalue weighted by molar-refractivity contribution is 0.0997. The molecule has 1 heterocycles. The largest absolute Gasteiger partial charge is 0.507 e. The second-order valence-electron chi connectivity index (χ2n) is 7.40. The van der Waals surface area contributed by atoms with E-state index in [4.69, 9.17) is 5.73 Å². The minimum absolute atomic E-state index is 0. The number of carbonyl (C=O) groups is 1. The molecule has 0 bridgehead atoms. The average molecular weight is 528 g/mol. The highest BCUT2D eigenvalue weighted by atomic mass is 35.5. The topological polar surface area (TPSA) is 143 Å².